The van der Waals surface area contributed by atoms with Crippen molar-refractivity contribution in [2.24, 2.45) is 0 Å². The standard InChI is InChI=1S/C13H10F3N3O6/c14-13(15,16)6-3-7(10(21)5-9(6)19(24)25)17-8-4-11(22)18(1-2-20)12(8)23/h3-5,17,20-21H,1-2H2. The maximum absolute atomic E-state index is 12.9. The molecule has 2 rings (SSSR count). The minimum atomic E-state index is -5.08. The van der Waals surface area contributed by atoms with E-state index >= 15 is 0 Å². The lowest BCUT2D eigenvalue weighted by Crippen LogP contribution is -2.34. The fourth-order valence-electron chi connectivity index (χ4n) is 2.11. The van der Waals surface area contributed by atoms with Crippen molar-refractivity contribution in [1.29, 1.82) is 0 Å². The number of phenols is 1. The first-order valence-electron chi connectivity index (χ1n) is 6.60. The molecule has 1 aromatic carbocycles. The molecule has 0 saturated carbocycles. The van der Waals surface area contributed by atoms with E-state index in [4.69, 9.17) is 5.11 Å². The molecule has 0 bridgehead atoms. The third-order valence-electron chi connectivity index (χ3n) is 3.22. The Balaban J connectivity index is 2.41. The molecule has 0 unspecified atom stereocenters. The number of nitrogens with one attached hydrogen (secondary N) is 1. The van der Waals surface area contributed by atoms with Crippen LogP contribution in [0, 0.1) is 10.1 Å². The quantitative estimate of drug-likeness (QED) is 0.308. The number of phenolic OH excluding ortho intramolecular Hbond substituents is 1. The Morgan fingerprint density at radius 3 is 2.44 bits per heavy atom. The number of halogens is 3. The summed E-state index contributed by atoms with van der Waals surface area (Å²) in [6, 6.07) is 0.555. The average molecular weight is 361 g/mol. The van der Waals surface area contributed by atoms with E-state index in [-0.39, 0.29) is 12.6 Å². The van der Waals surface area contributed by atoms with Gasteiger partial charge in [0.25, 0.3) is 17.5 Å². The van der Waals surface area contributed by atoms with Gasteiger partial charge in [-0.15, -0.1) is 0 Å². The Labute approximate surface area is 137 Å². The lowest BCUT2D eigenvalue weighted by molar-refractivity contribution is -0.388. The molecule has 1 aromatic rings. The molecule has 134 valence electrons. The Bertz CT molecular complexity index is 790. The molecule has 0 saturated heterocycles. The molecule has 25 heavy (non-hydrogen) atoms. The number of hydrogen-bond donors (Lipinski definition) is 3. The smallest absolute Gasteiger partial charge is 0.423 e. The van der Waals surface area contributed by atoms with Gasteiger partial charge in [-0.25, -0.2) is 0 Å². The first-order chi connectivity index (χ1) is 11.6. The summed E-state index contributed by atoms with van der Waals surface area (Å²) in [6.45, 7) is -0.834. The fraction of sp³-hybridized carbons (Fsp3) is 0.231. The van der Waals surface area contributed by atoms with Crippen LogP contribution < -0.4 is 5.32 Å². The van der Waals surface area contributed by atoms with Crippen molar-refractivity contribution in [3.63, 3.8) is 0 Å². The molecule has 0 aliphatic carbocycles. The summed E-state index contributed by atoms with van der Waals surface area (Å²) in [5.74, 6) is -2.65. The Hall–Kier alpha value is -3.15. The number of nitrogens with zero attached hydrogens (tertiary/aromatic N) is 2. The maximum atomic E-state index is 12.9. The van der Waals surface area contributed by atoms with Crippen molar-refractivity contribution in [2.75, 3.05) is 18.5 Å². The third-order valence-corrected chi connectivity index (χ3v) is 3.22. The van der Waals surface area contributed by atoms with Gasteiger partial charge in [-0.3, -0.25) is 24.6 Å². The number of aliphatic hydroxyl groups excluding tert-OH is 1. The highest BCUT2D eigenvalue weighted by molar-refractivity contribution is 6.17. The van der Waals surface area contributed by atoms with Crippen molar-refractivity contribution in [3.8, 4) is 5.75 Å². The van der Waals surface area contributed by atoms with E-state index in [1.807, 2.05) is 0 Å². The van der Waals surface area contributed by atoms with Gasteiger partial charge >= 0.3 is 6.18 Å². The molecule has 0 atom stereocenters. The van der Waals surface area contributed by atoms with E-state index in [0.29, 0.717) is 11.0 Å². The van der Waals surface area contributed by atoms with Crippen LogP contribution in [0.5, 0.6) is 5.75 Å². The van der Waals surface area contributed by atoms with E-state index in [9.17, 15) is 38.0 Å². The number of nitro groups is 1. The SMILES string of the molecule is O=C1C=C(Nc2cc(C(F)(F)F)c([N+](=O)[O-])cc2O)C(=O)N1CCO. The van der Waals surface area contributed by atoms with Gasteiger partial charge in [-0.1, -0.05) is 0 Å². The Morgan fingerprint density at radius 1 is 1.28 bits per heavy atom. The number of aliphatic hydroxyl groups is 1. The molecular weight excluding hydrogens is 351 g/mol. The molecule has 3 N–H and O–H groups in total. The molecule has 12 heteroatoms. The van der Waals surface area contributed by atoms with Crippen molar-refractivity contribution in [3.05, 3.63) is 39.6 Å². The van der Waals surface area contributed by atoms with Gasteiger partial charge in [0.15, 0.2) is 0 Å². The number of carbonyl (C=O) groups is 2. The fourth-order valence-corrected chi connectivity index (χ4v) is 2.11. The maximum Gasteiger partial charge on any atom is 0.423 e. The van der Waals surface area contributed by atoms with Gasteiger partial charge < -0.3 is 15.5 Å². The minimum absolute atomic E-state index is 0.265. The molecule has 0 radical (unpaired) electrons. The number of anilines is 1. The number of hydrogen-bond acceptors (Lipinski definition) is 7. The van der Waals surface area contributed by atoms with E-state index in [2.05, 4.69) is 5.32 Å². The number of aromatic hydroxyl groups is 1. The van der Waals surface area contributed by atoms with Crippen LogP contribution in [0.2, 0.25) is 0 Å². The largest absolute Gasteiger partial charge is 0.506 e. The number of nitro benzene ring substituents is 1. The van der Waals surface area contributed by atoms with Crippen LogP contribution in [0.15, 0.2) is 23.9 Å². The summed E-state index contributed by atoms with van der Waals surface area (Å²) in [5.41, 5.74) is -4.09. The van der Waals surface area contributed by atoms with Crippen molar-refractivity contribution >= 4 is 23.2 Å². The van der Waals surface area contributed by atoms with Gasteiger partial charge in [0.1, 0.15) is 17.0 Å². The molecule has 1 aliphatic heterocycles. The van der Waals surface area contributed by atoms with Crippen LogP contribution in [0.1, 0.15) is 5.56 Å². The number of alkyl halides is 3. The number of amides is 2. The molecule has 9 nitrogen and oxygen atoms in total. The molecule has 2 amide bonds. The van der Waals surface area contributed by atoms with Crippen LogP contribution in [-0.2, 0) is 15.8 Å². The highest BCUT2D eigenvalue weighted by Crippen LogP contribution is 2.41. The lowest BCUT2D eigenvalue weighted by atomic mass is 10.1. The zero-order valence-corrected chi connectivity index (χ0v) is 12.2. The first-order valence-corrected chi connectivity index (χ1v) is 6.60. The van der Waals surface area contributed by atoms with Gasteiger partial charge in [-0.05, 0) is 6.07 Å². The molecule has 1 aliphatic rings. The van der Waals surface area contributed by atoms with Crippen LogP contribution in [0.4, 0.5) is 24.5 Å². The van der Waals surface area contributed by atoms with Crippen LogP contribution in [0.3, 0.4) is 0 Å². The summed E-state index contributed by atoms with van der Waals surface area (Å²) in [6.07, 6.45) is -4.31. The van der Waals surface area contributed by atoms with Crippen molar-refractivity contribution < 1.29 is 37.9 Å². The van der Waals surface area contributed by atoms with Crippen LogP contribution in [0.25, 0.3) is 0 Å². The highest BCUT2D eigenvalue weighted by Gasteiger charge is 2.40. The van der Waals surface area contributed by atoms with Gasteiger partial charge in [0.05, 0.1) is 29.8 Å². The summed E-state index contributed by atoms with van der Waals surface area (Å²) < 4.78 is 38.8. The number of β-amino-alcohol motifs (C(OH)–C–C–N with tert-alkyl or cyclic N) is 1. The number of carbonyl (C=O) groups excluding carboxylic acids is 2. The Kier molecular flexibility index (Phi) is 4.65. The second-order valence-electron chi connectivity index (χ2n) is 4.84. The predicted octanol–water partition coefficient (Wildman–Crippen LogP) is 0.976. The van der Waals surface area contributed by atoms with Gasteiger partial charge in [0.2, 0.25) is 0 Å². The van der Waals surface area contributed by atoms with E-state index in [1.54, 1.807) is 0 Å². The zero-order chi connectivity index (χ0) is 18.9. The summed E-state index contributed by atoms with van der Waals surface area (Å²) in [4.78, 5) is 33.6. The molecular formula is C13H10F3N3O6. The molecule has 0 aromatic heterocycles. The monoisotopic (exact) mass is 361 g/mol. The summed E-state index contributed by atoms with van der Waals surface area (Å²) >= 11 is 0. The minimum Gasteiger partial charge on any atom is -0.506 e. The predicted molar refractivity (Wildman–Crippen MR) is 75.3 cm³/mol. The number of benzene rings is 1. The summed E-state index contributed by atoms with van der Waals surface area (Å²) in [5, 5.41) is 31.3. The second-order valence-corrected chi connectivity index (χ2v) is 4.84. The number of rotatable bonds is 5. The number of imide groups is 1. The topological polar surface area (TPSA) is 133 Å². The Morgan fingerprint density at radius 2 is 1.92 bits per heavy atom. The highest BCUT2D eigenvalue weighted by atomic mass is 19.4. The summed E-state index contributed by atoms with van der Waals surface area (Å²) in [7, 11) is 0. The van der Waals surface area contributed by atoms with Crippen LogP contribution >= 0.6 is 0 Å². The van der Waals surface area contributed by atoms with Crippen molar-refractivity contribution in [2.45, 2.75) is 6.18 Å². The van der Waals surface area contributed by atoms with Gasteiger partial charge in [-0.2, -0.15) is 13.2 Å². The van der Waals surface area contributed by atoms with E-state index < -0.39 is 57.9 Å². The second kappa shape index (κ2) is 6.39. The molecule has 0 spiro atoms. The average Bonchev–Trinajstić information content (AvgIpc) is 2.75. The van der Waals surface area contributed by atoms with E-state index in [0.717, 1.165) is 6.08 Å². The van der Waals surface area contributed by atoms with E-state index in [1.165, 1.54) is 0 Å². The molecule has 0 fully saturated rings. The zero-order valence-electron chi connectivity index (χ0n) is 12.2. The molecule has 1 heterocycles. The van der Waals surface area contributed by atoms with Gasteiger partial charge in [0, 0.05) is 6.08 Å². The van der Waals surface area contributed by atoms with Crippen LogP contribution in [-0.4, -0.2) is 45.0 Å². The first kappa shape index (κ1) is 18.2. The lowest BCUT2D eigenvalue weighted by Gasteiger charge is -2.15. The van der Waals surface area contributed by atoms with Crippen molar-refractivity contribution in [1.82, 2.24) is 4.90 Å². The third kappa shape index (κ3) is 3.52. The normalized spacial score (nSPS) is 14.7.